The van der Waals surface area contributed by atoms with Gasteiger partial charge in [0.1, 0.15) is 33.6 Å². The van der Waals surface area contributed by atoms with Crippen molar-refractivity contribution >= 4 is 38.0 Å². The van der Waals surface area contributed by atoms with Crippen molar-refractivity contribution in [2.45, 2.75) is 38.1 Å². The van der Waals surface area contributed by atoms with E-state index in [1.165, 1.54) is 28.1 Å². The Morgan fingerprint density at radius 3 is 2.52 bits per heavy atom. The first-order valence-electron chi connectivity index (χ1n) is 13.2. The quantitative estimate of drug-likeness (QED) is 0.152. The van der Waals surface area contributed by atoms with Gasteiger partial charge in [0.2, 0.25) is 5.88 Å². The number of aromatic nitrogens is 2. The number of hydrogen-bond acceptors (Lipinski definition) is 9. The van der Waals surface area contributed by atoms with E-state index in [0.29, 0.717) is 64.8 Å². The number of benzene rings is 2. The molecule has 0 aliphatic heterocycles. The van der Waals surface area contributed by atoms with Crippen LogP contribution in [0.3, 0.4) is 0 Å². The molecular formula is C28H34B2FN5O4. The molecule has 1 aliphatic carbocycles. The SMILES string of the molecule is BC(B)(F)C1(C(=N)/C=C(\O)N/C(=C/CC)Nc2cccc(Oc3ncnc4cc(OC)c(OC)cc34)c2)CCC1. The third kappa shape index (κ3) is 6.00. The molecule has 208 valence electrons. The molecule has 0 amide bonds. The third-order valence-corrected chi connectivity index (χ3v) is 7.24. The van der Waals surface area contributed by atoms with Crippen molar-refractivity contribution in [2.75, 3.05) is 19.5 Å². The van der Waals surface area contributed by atoms with Gasteiger partial charge in [-0.1, -0.05) is 19.4 Å². The molecule has 1 aromatic heterocycles. The standard InChI is InChI=1S/C28H34B2FN5O4/c1-4-7-24(36-25(37)15-23(32)27(10-6-11-27)28(29,30)31)35-17-8-5-9-18(12-17)40-26-19-13-21(38-2)22(39-3)14-20(19)33-16-34-26/h5,7-9,12-16,32,35-37H,4,6,10-11,29-30H2,1-3H3/b24-7+,25-15-,32-23?. The van der Waals surface area contributed by atoms with Crippen molar-refractivity contribution in [2.24, 2.45) is 5.41 Å². The molecule has 40 heavy (non-hydrogen) atoms. The lowest BCUT2D eigenvalue weighted by Crippen LogP contribution is -2.55. The molecule has 2 aromatic carbocycles. The number of nitrogens with zero attached hydrogens (tertiary/aromatic N) is 2. The van der Waals surface area contributed by atoms with Gasteiger partial charge in [-0.15, -0.1) is 0 Å². The van der Waals surface area contributed by atoms with Crippen LogP contribution in [0.15, 0.2) is 66.6 Å². The van der Waals surface area contributed by atoms with Gasteiger partial charge < -0.3 is 35.4 Å². The Hall–Kier alpha value is -4.21. The Morgan fingerprint density at radius 2 is 1.90 bits per heavy atom. The molecule has 0 unspecified atom stereocenters. The van der Waals surface area contributed by atoms with Crippen LogP contribution < -0.4 is 24.8 Å². The molecule has 0 spiro atoms. The van der Waals surface area contributed by atoms with Gasteiger partial charge in [-0.05, 0) is 43.5 Å². The van der Waals surface area contributed by atoms with Gasteiger partial charge in [-0.2, -0.15) is 0 Å². The first-order chi connectivity index (χ1) is 19.1. The van der Waals surface area contributed by atoms with Gasteiger partial charge in [-0.3, -0.25) is 4.39 Å². The van der Waals surface area contributed by atoms with Crippen LogP contribution in [-0.2, 0) is 0 Å². The lowest BCUT2D eigenvalue weighted by atomic mass is 9.43. The highest BCUT2D eigenvalue weighted by Crippen LogP contribution is 2.50. The summed E-state index contributed by atoms with van der Waals surface area (Å²) in [6.07, 6.45) is 7.29. The number of nitrogens with one attached hydrogen (secondary N) is 3. The van der Waals surface area contributed by atoms with Gasteiger partial charge in [0.25, 0.3) is 0 Å². The van der Waals surface area contributed by atoms with Crippen LogP contribution in [0.25, 0.3) is 10.9 Å². The summed E-state index contributed by atoms with van der Waals surface area (Å²) in [5.41, 5.74) is -1.02. The lowest BCUT2D eigenvalue weighted by molar-refractivity contribution is 0.115. The number of aliphatic hydroxyl groups excluding tert-OH is 1. The van der Waals surface area contributed by atoms with Crippen LogP contribution in [-0.4, -0.2) is 56.2 Å². The number of allylic oxidation sites excluding steroid dienone is 2. The fourth-order valence-corrected chi connectivity index (χ4v) is 4.85. The minimum Gasteiger partial charge on any atom is -0.494 e. The van der Waals surface area contributed by atoms with E-state index in [4.69, 9.17) is 19.6 Å². The number of aliphatic hydroxyl groups is 1. The van der Waals surface area contributed by atoms with E-state index in [-0.39, 0.29) is 11.6 Å². The third-order valence-electron chi connectivity index (χ3n) is 7.24. The first kappa shape index (κ1) is 28.8. The highest BCUT2D eigenvalue weighted by molar-refractivity contribution is 6.41. The van der Waals surface area contributed by atoms with Crippen molar-refractivity contribution in [3.05, 3.63) is 66.6 Å². The van der Waals surface area contributed by atoms with E-state index >= 15 is 0 Å². The lowest BCUT2D eigenvalue weighted by Gasteiger charge is -2.49. The molecule has 4 N–H and O–H groups in total. The Balaban J connectivity index is 1.52. The molecule has 12 heteroatoms. The van der Waals surface area contributed by atoms with E-state index in [2.05, 4.69) is 20.6 Å². The normalized spacial score (nSPS) is 15.2. The zero-order chi connectivity index (χ0) is 28.9. The second-order valence-corrected chi connectivity index (χ2v) is 10.2. The largest absolute Gasteiger partial charge is 0.494 e. The molecular weight excluding hydrogens is 511 g/mol. The second-order valence-electron chi connectivity index (χ2n) is 10.2. The van der Waals surface area contributed by atoms with Gasteiger partial charge >= 0.3 is 0 Å². The Bertz CT molecular complexity index is 1450. The summed E-state index contributed by atoms with van der Waals surface area (Å²) in [6, 6.07) is 10.8. The number of rotatable bonds is 12. The minimum absolute atomic E-state index is 0.0776. The maximum Gasteiger partial charge on any atom is 0.230 e. The number of alkyl halides is 1. The van der Waals surface area contributed by atoms with E-state index in [9.17, 15) is 9.50 Å². The molecule has 1 saturated carbocycles. The summed E-state index contributed by atoms with van der Waals surface area (Å²) in [4.78, 5) is 8.62. The number of halogens is 1. The molecule has 0 radical (unpaired) electrons. The number of methoxy groups -OCH3 is 2. The smallest absolute Gasteiger partial charge is 0.230 e. The minimum atomic E-state index is -1.55. The van der Waals surface area contributed by atoms with E-state index in [1.54, 1.807) is 38.5 Å². The molecule has 0 saturated heterocycles. The zero-order valence-corrected chi connectivity index (χ0v) is 23.5. The number of ether oxygens (including phenoxy) is 3. The number of fused-ring (bicyclic) bond motifs is 1. The Labute approximate surface area is 235 Å². The molecule has 0 atom stereocenters. The van der Waals surface area contributed by atoms with Crippen LogP contribution in [0.1, 0.15) is 32.6 Å². The molecule has 3 aromatic rings. The van der Waals surface area contributed by atoms with Crippen molar-refractivity contribution in [1.29, 1.82) is 5.41 Å². The second kappa shape index (κ2) is 11.9. The highest BCUT2D eigenvalue weighted by Gasteiger charge is 2.52. The average Bonchev–Trinajstić information content (AvgIpc) is 2.86. The van der Waals surface area contributed by atoms with E-state index < -0.39 is 10.9 Å². The highest BCUT2D eigenvalue weighted by atomic mass is 19.1. The number of anilines is 1. The van der Waals surface area contributed by atoms with Crippen LogP contribution in [0.5, 0.6) is 23.1 Å². The predicted molar refractivity (Wildman–Crippen MR) is 160 cm³/mol. The van der Waals surface area contributed by atoms with E-state index in [0.717, 1.165) is 6.42 Å². The molecule has 9 nitrogen and oxygen atoms in total. The summed E-state index contributed by atoms with van der Waals surface area (Å²) < 4.78 is 31.8. The molecule has 4 rings (SSSR count). The summed E-state index contributed by atoms with van der Waals surface area (Å²) in [5.74, 6) is 2.23. The van der Waals surface area contributed by atoms with Crippen LogP contribution in [0.4, 0.5) is 10.1 Å². The molecule has 1 aliphatic rings. The summed E-state index contributed by atoms with van der Waals surface area (Å²) in [5, 5.41) is 25.9. The van der Waals surface area contributed by atoms with Crippen LogP contribution in [0.2, 0.25) is 0 Å². The summed E-state index contributed by atoms with van der Waals surface area (Å²) in [7, 11) is 6.11. The van der Waals surface area contributed by atoms with Gasteiger partial charge in [0.05, 0.1) is 30.6 Å². The van der Waals surface area contributed by atoms with Gasteiger partial charge in [0.15, 0.2) is 17.4 Å². The van der Waals surface area contributed by atoms with Crippen molar-refractivity contribution in [3.8, 4) is 23.1 Å². The maximum atomic E-state index is 14.9. The fraction of sp³-hybridized carbons (Fsp3) is 0.321. The fourth-order valence-electron chi connectivity index (χ4n) is 4.85. The summed E-state index contributed by atoms with van der Waals surface area (Å²) >= 11 is 0. The number of hydrogen-bond donors (Lipinski definition) is 4. The van der Waals surface area contributed by atoms with Crippen LogP contribution >= 0.6 is 0 Å². The monoisotopic (exact) mass is 545 g/mol. The average molecular weight is 545 g/mol. The zero-order valence-electron chi connectivity index (χ0n) is 23.5. The molecule has 1 fully saturated rings. The first-order valence-corrected chi connectivity index (χ1v) is 13.2. The topological polar surface area (TPSA) is 122 Å². The molecule has 1 heterocycles. The van der Waals surface area contributed by atoms with Crippen molar-refractivity contribution in [3.63, 3.8) is 0 Å². The van der Waals surface area contributed by atoms with Gasteiger partial charge in [-0.25, -0.2) is 9.97 Å². The van der Waals surface area contributed by atoms with Crippen LogP contribution in [0, 0.1) is 10.8 Å². The van der Waals surface area contributed by atoms with E-state index in [1.807, 2.05) is 25.1 Å². The van der Waals surface area contributed by atoms with Crippen molar-refractivity contribution in [1.82, 2.24) is 15.3 Å². The Morgan fingerprint density at radius 1 is 1.18 bits per heavy atom. The predicted octanol–water partition coefficient (Wildman–Crippen LogP) is 4.17. The molecule has 0 bridgehead atoms. The Kier molecular flexibility index (Phi) is 8.56. The summed E-state index contributed by atoms with van der Waals surface area (Å²) in [6.45, 7) is 1.96. The maximum absolute atomic E-state index is 14.9. The van der Waals surface area contributed by atoms with Crippen molar-refractivity contribution < 1.29 is 23.7 Å². The van der Waals surface area contributed by atoms with Gasteiger partial charge in [0, 0.05) is 35.0 Å².